The van der Waals surface area contributed by atoms with Gasteiger partial charge in [-0.2, -0.15) is 0 Å². The number of halogens is 3. The number of hydrazine groups is 1. The third-order valence-electron chi connectivity index (χ3n) is 3.49. The Morgan fingerprint density at radius 3 is 2.73 bits per heavy atom. The number of hydrogen-bond donors (Lipinski definition) is 1. The molecule has 132 valence electrons. The summed E-state index contributed by atoms with van der Waals surface area (Å²) < 4.78 is 14.8. The second kappa shape index (κ2) is 7.25. The van der Waals surface area contributed by atoms with E-state index in [9.17, 15) is 9.18 Å². The molecule has 0 bridgehead atoms. The van der Waals surface area contributed by atoms with E-state index < -0.39 is 11.4 Å². The fourth-order valence-electron chi connectivity index (χ4n) is 2.37. The highest BCUT2D eigenvalue weighted by atomic mass is 35.5. The highest BCUT2D eigenvalue weighted by molar-refractivity contribution is 6.35. The average Bonchev–Trinajstić information content (AvgIpc) is 2.61. The molecule has 0 atom stereocenters. The number of aromatic nitrogens is 2. The normalized spacial score (nSPS) is 11.2. The van der Waals surface area contributed by atoms with Gasteiger partial charge in [-0.25, -0.2) is 29.8 Å². The van der Waals surface area contributed by atoms with Crippen molar-refractivity contribution in [2.24, 2.45) is 10.8 Å². The van der Waals surface area contributed by atoms with E-state index in [2.05, 4.69) is 16.6 Å². The van der Waals surface area contributed by atoms with Crippen LogP contribution in [0.4, 0.5) is 10.3 Å². The number of nitrogens with two attached hydrogens (primary N) is 1. The SMILES string of the molecule is C=CN=CN(N)c1nc2ccc(F)cc2c(=O)n1-c1ccc(Cl)cc1Cl. The maximum Gasteiger partial charge on any atom is 0.267 e. The van der Waals surface area contributed by atoms with Crippen molar-refractivity contribution in [1.82, 2.24) is 9.55 Å². The van der Waals surface area contributed by atoms with Crippen LogP contribution in [-0.2, 0) is 0 Å². The lowest BCUT2D eigenvalue weighted by atomic mass is 10.2. The number of hydrogen-bond acceptors (Lipinski definition) is 4. The molecular weight excluding hydrogens is 380 g/mol. The maximum atomic E-state index is 13.6. The van der Waals surface area contributed by atoms with E-state index in [1.54, 1.807) is 12.1 Å². The Balaban J connectivity index is 2.40. The van der Waals surface area contributed by atoms with Crippen molar-refractivity contribution in [3.63, 3.8) is 0 Å². The van der Waals surface area contributed by atoms with Gasteiger partial charge < -0.3 is 0 Å². The molecule has 0 saturated heterocycles. The van der Waals surface area contributed by atoms with Crippen molar-refractivity contribution < 1.29 is 4.39 Å². The Morgan fingerprint density at radius 2 is 2.04 bits per heavy atom. The molecular formula is C17H12Cl2FN5O. The number of nitrogens with zero attached hydrogens (tertiary/aromatic N) is 4. The lowest BCUT2D eigenvalue weighted by molar-refractivity contribution is 0.629. The van der Waals surface area contributed by atoms with Gasteiger partial charge in [0.25, 0.3) is 5.56 Å². The second-order valence-electron chi connectivity index (χ2n) is 5.16. The van der Waals surface area contributed by atoms with E-state index in [1.807, 2.05) is 0 Å². The minimum Gasteiger partial charge on any atom is -0.268 e. The number of anilines is 1. The van der Waals surface area contributed by atoms with Crippen LogP contribution in [0, 0.1) is 5.82 Å². The van der Waals surface area contributed by atoms with Gasteiger partial charge in [-0.05, 0) is 36.4 Å². The standard InChI is InChI=1S/C17H12Cl2FN5O/c1-2-22-9-24(21)17-23-14-5-4-11(20)8-12(14)16(26)25(17)15-6-3-10(18)7-13(15)19/h2-9H,1,21H2. The van der Waals surface area contributed by atoms with E-state index in [-0.39, 0.29) is 27.6 Å². The Labute approximate surface area is 157 Å². The molecule has 1 aromatic heterocycles. The summed E-state index contributed by atoms with van der Waals surface area (Å²) in [5.74, 6) is 5.43. The largest absolute Gasteiger partial charge is 0.268 e. The predicted molar refractivity (Wildman–Crippen MR) is 103 cm³/mol. The van der Waals surface area contributed by atoms with Gasteiger partial charge in [0.2, 0.25) is 5.95 Å². The molecule has 0 radical (unpaired) electrons. The lowest BCUT2D eigenvalue weighted by Crippen LogP contribution is -2.36. The van der Waals surface area contributed by atoms with E-state index in [1.165, 1.54) is 30.7 Å². The lowest BCUT2D eigenvalue weighted by Gasteiger charge is -2.19. The third-order valence-corrected chi connectivity index (χ3v) is 4.03. The molecule has 0 amide bonds. The van der Waals surface area contributed by atoms with Crippen molar-refractivity contribution in [2.45, 2.75) is 0 Å². The summed E-state index contributed by atoms with van der Waals surface area (Å²) in [7, 11) is 0. The number of benzene rings is 2. The Bertz CT molecular complexity index is 1100. The number of fused-ring (bicyclic) bond motifs is 1. The van der Waals surface area contributed by atoms with Crippen molar-refractivity contribution in [3.05, 3.63) is 75.4 Å². The summed E-state index contributed by atoms with van der Waals surface area (Å²) in [6, 6.07) is 8.28. The van der Waals surface area contributed by atoms with Crippen LogP contribution in [0.2, 0.25) is 10.0 Å². The molecule has 0 aliphatic carbocycles. The molecule has 0 spiro atoms. The smallest absolute Gasteiger partial charge is 0.267 e. The van der Waals surface area contributed by atoms with E-state index >= 15 is 0 Å². The first-order chi connectivity index (χ1) is 12.4. The fraction of sp³-hybridized carbons (Fsp3) is 0. The summed E-state index contributed by atoms with van der Waals surface area (Å²) >= 11 is 12.2. The van der Waals surface area contributed by atoms with E-state index in [4.69, 9.17) is 29.0 Å². The van der Waals surface area contributed by atoms with Gasteiger partial charge in [-0.3, -0.25) is 4.79 Å². The highest BCUT2D eigenvalue weighted by Crippen LogP contribution is 2.26. The molecule has 0 fully saturated rings. The first-order valence-corrected chi connectivity index (χ1v) is 8.04. The summed E-state index contributed by atoms with van der Waals surface area (Å²) in [6.45, 7) is 3.46. The van der Waals surface area contributed by atoms with Gasteiger partial charge in [-0.1, -0.05) is 29.8 Å². The molecule has 9 heteroatoms. The van der Waals surface area contributed by atoms with Crippen LogP contribution in [-0.4, -0.2) is 15.9 Å². The first-order valence-electron chi connectivity index (χ1n) is 7.28. The van der Waals surface area contributed by atoms with Crippen molar-refractivity contribution in [2.75, 3.05) is 5.01 Å². The van der Waals surface area contributed by atoms with Crippen LogP contribution in [0.1, 0.15) is 0 Å². The highest BCUT2D eigenvalue weighted by Gasteiger charge is 2.18. The summed E-state index contributed by atoms with van der Waals surface area (Å²) in [5, 5.41) is 1.71. The molecule has 2 aromatic carbocycles. The molecule has 3 aromatic rings. The van der Waals surface area contributed by atoms with Gasteiger partial charge in [0.15, 0.2) is 0 Å². The molecule has 26 heavy (non-hydrogen) atoms. The molecule has 0 aliphatic rings. The molecule has 1 heterocycles. The van der Waals surface area contributed by atoms with Gasteiger partial charge in [0, 0.05) is 11.2 Å². The third kappa shape index (κ3) is 3.32. The van der Waals surface area contributed by atoms with E-state index in [0.29, 0.717) is 5.02 Å². The second-order valence-corrected chi connectivity index (χ2v) is 6.01. The van der Waals surface area contributed by atoms with Crippen molar-refractivity contribution in [3.8, 4) is 5.69 Å². The molecule has 0 unspecified atom stereocenters. The Hall–Kier alpha value is -2.74. The predicted octanol–water partition coefficient (Wildman–Crippen LogP) is 3.68. The summed E-state index contributed by atoms with van der Waals surface area (Å²) in [4.78, 5) is 21.2. The minimum atomic E-state index is -0.560. The van der Waals surface area contributed by atoms with Gasteiger partial charge in [-0.15, -0.1) is 0 Å². The Kier molecular flexibility index (Phi) is 5.03. The molecule has 0 aliphatic heterocycles. The van der Waals surface area contributed by atoms with Crippen LogP contribution in [0.15, 0.2) is 59.0 Å². The molecule has 0 saturated carbocycles. The minimum absolute atomic E-state index is 0.0314. The Morgan fingerprint density at radius 1 is 1.27 bits per heavy atom. The van der Waals surface area contributed by atoms with Crippen LogP contribution < -0.4 is 16.4 Å². The van der Waals surface area contributed by atoms with Crippen LogP contribution in [0.3, 0.4) is 0 Å². The van der Waals surface area contributed by atoms with Crippen molar-refractivity contribution >= 4 is 46.4 Å². The first kappa shape index (κ1) is 18.1. The quantitative estimate of drug-likeness (QED) is 0.318. The zero-order valence-corrected chi connectivity index (χ0v) is 14.7. The fourth-order valence-corrected chi connectivity index (χ4v) is 2.86. The molecule has 3 rings (SSSR count). The molecule has 6 nitrogen and oxygen atoms in total. The van der Waals surface area contributed by atoms with Crippen LogP contribution >= 0.6 is 23.2 Å². The van der Waals surface area contributed by atoms with Crippen molar-refractivity contribution in [1.29, 1.82) is 0 Å². The van der Waals surface area contributed by atoms with Crippen LogP contribution in [0.25, 0.3) is 16.6 Å². The monoisotopic (exact) mass is 391 g/mol. The average molecular weight is 392 g/mol. The molecule has 2 N–H and O–H groups in total. The van der Waals surface area contributed by atoms with Crippen LogP contribution in [0.5, 0.6) is 0 Å². The topological polar surface area (TPSA) is 76.5 Å². The zero-order chi connectivity index (χ0) is 18.8. The van der Waals surface area contributed by atoms with Gasteiger partial charge >= 0.3 is 0 Å². The summed E-state index contributed by atoms with van der Waals surface area (Å²) in [6.07, 6.45) is 2.50. The van der Waals surface area contributed by atoms with E-state index in [0.717, 1.165) is 15.6 Å². The zero-order valence-electron chi connectivity index (χ0n) is 13.2. The number of rotatable bonds is 4. The maximum absolute atomic E-state index is 13.6. The number of aliphatic imine (C=N–C) groups is 1. The van der Waals surface area contributed by atoms with Gasteiger partial charge in [0.05, 0.1) is 21.6 Å². The van der Waals surface area contributed by atoms with Gasteiger partial charge in [0.1, 0.15) is 12.2 Å². The summed E-state index contributed by atoms with van der Waals surface area (Å²) in [5.41, 5.74) is 0.0172.